The van der Waals surface area contributed by atoms with Gasteiger partial charge in [0.05, 0.1) is 6.61 Å². The van der Waals surface area contributed by atoms with E-state index < -0.39 is 0 Å². The third kappa shape index (κ3) is 4.22. The number of aromatic amines is 1. The predicted octanol–water partition coefficient (Wildman–Crippen LogP) is 4.38. The van der Waals surface area contributed by atoms with Crippen LogP contribution in [0.2, 0.25) is 0 Å². The van der Waals surface area contributed by atoms with Crippen molar-refractivity contribution in [1.82, 2.24) is 15.0 Å². The van der Waals surface area contributed by atoms with E-state index in [-0.39, 0.29) is 5.54 Å². The Morgan fingerprint density at radius 3 is 2.69 bits per heavy atom. The zero-order chi connectivity index (χ0) is 18.9. The SMILES string of the molecule is Cc1nc2c(-c3ccc(OC[C@@H](C)CC(C)(C)N)c(C)c3)ccnc2[nH]1. The molecule has 0 spiro atoms. The number of ether oxygens (including phenoxy) is 1. The van der Waals surface area contributed by atoms with Crippen LogP contribution in [-0.4, -0.2) is 27.1 Å². The molecule has 3 aromatic rings. The average Bonchev–Trinajstić information content (AvgIpc) is 2.92. The van der Waals surface area contributed by atoms with E-state index in [2.05, 4.69) is 54.8 Å². The lowest BCUT2D eigenvalue weighted by Crippen LogP contribution is -2.35. The second-order valence-electron chi connectivity index (χ2n) is 7.97. The summed E-state index contributed by atoms with van der Waals surface area (Å²) in [5.41, 5.74) is 10.9. The molecule has 26 heavy (non-hydrogen) atoms. The Morgan fingerprint density at radius 2 is 2.00 bits per heavy atom. The van der Waals surface area contributed by atoms with Gasteiger partial charge in [0.15, 0.2) is 5.65 Å². The first-order valence-corrected chi connectivity index (χ1v) is 9.07. The summed E-state index contributed by atoms with van der Waals surface area (Å²) in [6, 6.07) is 8.27. The molecule has 3 N–H and O–H groups in total. The van der Waals surface area contributed by atoms with E-state index in [1.165, 1.54) is 0 Å². The highest BCUT2D eigenvalue weighted by atomic mass is 16.5. The van der Waals surface area contributed by atoms with Crippen LogP contribution >= 0.6 is 0 Å². The van der Waals surface area contributed by atoms with Crippen molar-refractivity contribution >= 4 is 11.2 Å². The van der Waals surface area contributed by atoms with Crippen molar-refractivity contribution in [3.05, 3.63) is 41.9 Å². The van der Waals surface area contributed by atoms with Crippen LogP contribution in [0.4, 0.5) is 0 Å². The van der Waals surface area contributed by atoms with E-state index in [4.69, 9.17) is 10.5 Å². The fraction of sp³-hybridized carbons (Fsp3) is 0.429. The first-order chi connectivity index (χ1) is 12.2. The average molecular weight is 352 g/mol. The van der Waals surface area contributed by atoms with Crippen molar-refractivity contribution in [3.63, 3.8) is 0 Å². The zero-order valence-corrected chi connectivity index (χ0v) is 16.3. The van der Waals surface area contributed by atoms with Crippen molar-refractivity contribution in [2.24, 2.45) is 11.7 Å². The van der Waals surface area contributed by atoms with Crippen LogP contribution in [0.5, 0.6) is 5.75 Å². The van der Waals surface area contributed by atoms with Gasteiger partial charge in [0.2, 0.25) is 0 Å². The highest BCUT2D eigenvalue weighted by molar-refractivity contribution is 5.89. The molecule has 138 valence electrons. The fourth-order valence-corrected chi connectivity index (χ4v) is 3.43. The number of nitrogens with zero attached hydrogens (tertiary/aromatic N) is 2. The maximum atomic E-state index is 6.10. The van der Waals surface area contributed by atoms with Gasteiger partial charge in [0.1, 0.15) is 17.1 Å². The number of rotatable bonds is 6. The van der Waals surface area contributed by atoms with Crippen LogP contribution < -0.4 is 10.5 Å². The number of pyridine rings is 1. The topological polar surface area (TPSA) is 76.8 Å². The van der Waals surface area contributed by atoms with Gasteiger partial charge in [0.25, 0.3) is 0 Å². The number of fused-ring (bicyclic) bond motifs is 1. The summed E-state index contributed by atoms with van der Waals surface area (Å²) >= 11 is 0. The summed E-state index contributed by atoms with van der Waals surface area (Å²) in [5.74, 6) is 2.19. The summed E-state index contributed by atoms with van der Waals surface area (Å²) < 4.78 is 6.04. The number of imidazole rings is 1. The molecule has 0 fully saturated rings. The van der Waals surface area contributed by atoms with Gasteiger partial charge in [0, 0.05) is 17.3 Å². The summed E-state index contributed by atoms with van der Waals surface area (Å²) in [6.45, 7) is 11.0. The smallest absolute Gasteiger partial charge is 0.157 e. The maximum absolute atomic E-state index is 6.10. The molecule has 0 radical (unpaired) electrons. The predicted molar refractivity (Wildman–Crippen MR) is 106 cm³/mol. The minimum Gasteiger partial charge on any atom is -0.493 e. The molecule has 5 heteroatoms. The first-order valence-electron chi connectivity index (χ1n) is 9.07. The van der Waals surface area contributed by atoms with E-state index in [1.807, 2.05) is 25.3 Å². The summed E-state index contributed by atoms with van der Waals surface area (Å²) in [7, 11) is 0. The molecule has 5 nitrogen and oxygen atoms in total. The van der Waals surface area contributed by atoms with Gasteiger partial charge >= 0.3 is 0 Å². The Bertz CT molecular complexity index is 908. The lowest BCUT2D eigenvalue weighted by molar-refractivity contribution is 0.228. The van der Waals surface area contributed by atoms with E-state index in [0.29, 0.717) is 12.5 Å². The Hall–Kier alpha value is -2.40. The first kappa shape index (κ1) is 18.4. The summed E-state index contributed by atoms with van der Waals surface area (Å²) in [5, 5.41) is 0. The van der Waals surface area contributed by atoms with E-state index in [1.54, 1.807) is 0 Å². The summed E-state index contributed by atoms with van der Waals surface area (Å²) in [6.07, 6.45) is 2.74. The number of aryl methyl sites for hydroxylation is 2. The van der Waals surface area contributed by atoms with Gasteiger partial charge in [-0.15, -0.1) is 0 Å². The molecule has 1 aromatic carbocycles. The van der Waals surface area contributed by atoms with Crippen LogP contribution in [0.3, 0.4) is 0 Å². The van der Waals surface area contributed by atoms with E-state index in [9.17, 15) is 0 Å². The third-order valence-electron chi connectivity index (χ3n) is 4.39. The standard InChI is InChI=1S/C21H28N4O/c1-13(11-21(4,5)22)12-26-18-7-6-16(10-14(18)2)17-8-9-23-20-19(17)24-15(3)25-20/h6-10,13H,11-12,22H2,1-5H3,(H,23,24,25)/t13-/m0/s1. The molecule has 0 saturated carbocycles. The second kappa shape index (κ2) is 7.08. The normalized spacial score (nSPS) is 13.2. The number of nitrogens with two attached hydrogens (primary N) is 1. The van der Waals surface area contributed by atoms with Crippen LogP contribution in [-0.2, 0) is 0 Å². The number of benzene rings is 1. The number of aromatic nitrogens is 3. The molecular formula is C21H28N4O. The molecule has 2 aromatic heterocycles. The maximum Gasteiger partial charge on any atom is 0.157 e. The van der Waals surface area contributed by atoms with E-state index >= 15 is 0 Å². The fourth-order valence-electron chi connectivity index (χ4n) is 3.43. The number of nitrogens with one attached hydrogen (secondary N) is 1. The summed E-state index contributed by atoms with van der Waals surface area (Å²) in [4.78, 5) is 12.1. The highest BCUT2D eigenvalue weighted by Crippen LogP contribution is 2.30. The number of H-pyrrole nitrogens is 1. The van der Waals surface area contributed by atoms with Crippen LogP contribution in [0, 0.1) is 19.8 Å². The molecule has 0 aliphatic carbocycles. The van der Waals surface area contributed by atoms with Crippen molar-refractivity contribution in [2.45, 2.75) is 46.6 Å². The lowest BCUT2D eigenvalue weighted by Gasteiger charge is -2.23. The van der Waals surface area contributed by atoms with Gasteiger partial charge in [-0.2, -0.15) is 0 Å². The van der Waals surface area contributed by atoms with Gasteiger partial charge in [-0.05, 0) is 69.4 Å². The van der Waals surface area contributed by atoms with Crippen LogP contribution in [0.25, 0.3) is 22.3 Å². The van der Waals surface area contributed by atoms with Crippen LogP contribution in [0.15, 0.2) is 30.5 Å². The van der Waals surface area contributed by atoms with Gasteiger partial charge < -0.3 is 15.5 Å². The second-order valence-corrected chi connectivity index (χ2v) is 7.97. The zero-order valence-electron chi connectivity index (χ0n) is 16.3. The molecule has 0 aliphatic heterocycles. The molecule has 0 aliphatic rings. The van der Waals surface area contributed by atoms with Crippen LogP contribution in [0.1, 0.15) is 38.6 Å². The van der Waals surface area contributed by atoms with Gasteiger partial charge in [-0.25, -0.2) is 9.97 Å². The minimum absolute atomic E-state index is 0.171. The van der Waals surface area contributed by atoms with E-state index in [0.717, 1.165) is 45.8 Å². The molecule has 1 atom stereocenters. The molecule has 2 heterocycles. The Kier molecular flexibility index (Phi) is 5.01. The minimum atomic E-state index is -0.171. The van der Waals surface area contributed by atoms with Crippen molar-refractivity contribution in [3.8, 4) is 16.9 Å². The van der Waals surface area contributed by atoms with Gasteiger partial charge in [-0.1, -0.05) is 13.0 Å². The largest absolute Gasteiger partial charge is 0.493 e. The Morgan fingerprint density at radius 1 is 1.23 bits per heavy atom. The highest BCUT2D eigenvalue weighted by Gasteiger charge is 2.16. The molecule has 0 unspecified atom stereocenters. The monoisotopic (exact) mass is 352 g/mol. The molecular weight excluding hydrogens is 324 g/mol. The molecule has 0 bridgehead atoms. The lowest BCUT2D eigenvalue weighted by atomic mass is 9.93. The van der Waals surface area contributed by atoms with Crippen molar-refractivity contribution in [1.29, 1.82) is 0 Å². The Balaban J connectivity index is 1.79. The number of hydrogen-bond donors (Lipinski definition) is 2. The van der Waals surface area contributed by atoms with Crippen molar-refractivity contribution < 1.29 is 4.74 Å². The molecule has 0 saturated heterocycles. The quantitative estimate of drug-likeness (QED) is 0.690. The van der Waals surface area contributed by atoms with Crippen molar-refractivity contribution in [2.75, 3.05) is 6.61 Å². The van der Waals surface area contributed by atoms with Gasteiger partial charge in [-0.3, -0.25) is 0 Å². The Labute approximate surface area is 155 Å². The third-order valence-corrected chi connectivity index (χ3v) is 4.39. The number of hydrogen-bond acceptors (Lipinski definition) is 4. The molecule has 0 amide bonds. The molecule has 3 rings (SSSR count).